The highest BCUT2D eigenvalue weighted by atomic mass is 32.2. The Kier molecular flexibility index (Phi) is 4.10. The number of aromatic nitrogens is 4. The third kappa shape index (κ3) is 2.92. The predicted molar refractivity (Wildman–Crippen MR) is 99.9 cm³/mol. The summed E-state index contributed by atoms with van der Waals surface area (Å²) in [5, 5.41) is 0.560. The Morgan fingerprint density at radius 3 is 2.73 bits per heavy atom. The summed E-state index contributed by atoms with van der Waals surface area (Å²) in [7, 11) is -0.501. The van der Waals surface area contributed by atoms with Crippen molar-refractivity contribution in [1.29, 1.82) is 0 Å². The van der Waals surface area contributed by atoms with Crippen LogP contribution in [-0.4, -0.2) is 35.2 Å². The SMILES string of the molecule is Cn1cc(-c2ncc(N=S3(=O)CCCCC3)cc2F)c2c(N)ncnc21. The average Bonchev–Trinajstić information content (AvgIpc) is 2.93. The van der Waals surface area contributed by atoms with Crippen LogP contribution in [0.3, 0.4) is 0 Å². The van der Waals surface area contributed by atoms with Gasteiger partial charge in [-0.05, 0) is 12.8 Å². The number of nitrogens with zero attached hydrogens (tertiary/aromatic N) is 5. The van der Waals surface area contributed by atoms with E-state index in [0.717, 1.165) is 19.3 Å². The van der Waals surface area contributed by atoms with Gasteiger partial charge in [0.1, 0.15) is 23.5 Å². The van der Waals surface area contributed by atoms with Gasteiger partial charge in [-0.25, -0.2) is 18.6 Å². The summed E-state index contributed by atoms with van der Waals surface area (Å²) in [5.41, 5.74) is 7.54. The largest absolute Gasteiger partial charge is 0.383 e. The molecule has 0 saturated carbocycles. The molecular weight excluding hydrogens is 355 g/mol. The van der Waals surface area contributed by atoms with Gasteiger partial charge in [0.05, 0.1) is 27.0 Å². The number of nitrogen functional groups attached to an aromatic ring is 1. The summed E-state index contributed by atoms with van der Waals surface area (Å²) < 4.78 is 33.5. The molecule has 3 aromatic rings. The van der Waals surface area contributed by atoms with Crippen molar-refractivity contribution in [2.24, 2.45) is 11.4 Å². The lowest BCUT2D eigenvalue weighted by atomic mass is 10.1. The zero-order valence-corrected chi connectivity index (χ0v) is 15.2. The van der Waals surface area contributed by atoms with Gasteiger partial charge in [-0.15, -0.1) is 0 Å². The quantitative estimate of drug-likeness (QED) is 0.743. The number of halogens is 1. The number of hydrogen-bond acceptors (Lipinski definition) is 6. The summed E-state index contributed by atoms with van der Waals surface area (Å²) >= 11 is 0. The molecule has 0 amide bonds. The first-order valence-electron chi connectivity index (χ1n) is 8.41. The van der Waals surface area contributed by atoms with Crippen LogP contribution in [0.1, 0.15) is 19.3 Å². The summed E-state index contributed by atoms with van der Waals surface area (Å²) in [4.78, 5) is 12.4. The molecule has 1 fully saturated rings. The van der Waals surface area contributed by atoms with Crippen LogP contribution >= 0.6 is 0 Å². The normalized spacial score (nSPS) is 16.7. The lowest BCUT2D eigenvalue weighted by Gasteiger charge is -2.15. The van der Waals surface area contributed by atoms with Gasteiger partial charge in [0, 0.05) is 36.4 Å². The van der Waals surface area contributed by atoms with E-state index in [-0.39, 0.29) is 11.5 Å². The fourth-order valence-corrected chi connectivity index (χ4v) is 5.49. The number of nitrogens with two attached hydrogens (primary N) is 1. The zero-order chi connectivity index (χ0) is 18.3. The zero-order valence-electron chi connectivity index (χ0n) is 14.4. The lowest BCUT2D eigenvalue weighted by Crippen LogP contribution is -2.15. The number of rotatable bonds is 2. The van der Waals surface area contributed by atoms with Crippen molar-refractivity contribution in [1.82, 2.24) is 19.5 Å². The minimum Gasteiger partial charge on any atom is -0.383 e. The number of aryl methyl sites for hydroxylation is 1. The first-order valence-corrected chi connectivity index (χ1v) is 10.3. The molecule has 136 valence electrons. The highest BCUT2D eigenvalue weighted by molar-refractivity contribution is 7.93. The molecule has 0 atom stereocenters. The smallest absolute Gasteiger partial charge is 0.151 e. The van der Waals surface area contributed by atoms with E-state index in [0.29, 0.717) is 33.8 Å². The van der Waals surface area contributed by atoms with Gasteiger partial charge >= 0.3 is 0 Å². The monoisotopic (exact) mass is 374 g/mol. The molecular formula is C17H19FN6OS. The van der Waals surface area contributed by atoms with Gasteiger partial charge in [0.25, 0.3) is 0 Å². The topological polar surface area (TPSA) is 99.0 Å². The Labute approximate surface area is 150 Å². The van der Waals surface area contributed by atoms with E-state index in [4.69, 9.17) is 5.73 Å². The fourth-order valence-electron chi connectivity index (χ4n) is 3.31. The van der Waals surface area contributed by atoms with Crippen LogP contribution in [0.25, 0.3) is 22.3 Å². The van der Waals surface area contributed by atoms with E-state index in [9.17, 15) is 8.60 Å². The third-order valence-corrected chi connectivity index (χ3v) is 6.96. The fraction of sp³-hybridized carbons (Fsp3) is 0.353. The Bertz CT molecular complexity index is 1100. The highest BCUT2D eigenvalue weighted by Crippen LogP contribution is 2.33. The first-order chi connectivity index (χ1) is 12.5. The molecule has 3 aromatic heterocycles. The van der Waals surface area contributed by atoms with Gasteiger partial charge in [-0.3, -0.25) is 4.98 Å². The lowest BCUT2D eigenvalue weighted by molar-refractivity contribution is 0.626. The summed E-state index contributed by atoms with van der Waals surface area (Å²) in [6.45, 7) is 0. The molecule has 4 rings (SSSR count). The van der Waals surface area contributed by atoms with E-state index in [1.54, 1.807) is 17.8 Å². The predicted octanol–water partition coefficient (Wildman–Crippen LogP) is 3.04. The number of pyridine rings is 1. The molecule has 9 heteroatoms. The highest BCUT2D eigenvalue weighted by Gasteiger charge is 2.19. The van der Waals surface area contributed by atoms with Crippen molar-refractivity contribution >= 4 is 32.3 Å². The molecule has 0 bridgehead atoms. The molecule has 0 spiro atoms. The number of hydrogen-bond donors (Lipinski definition) is 1. The second kappa shape index (κ2) is 6.31. The first kappa shape index (κ1) is 16.9. The van der Waals surface area contributed by atoms with Crippen LogP contribution in [0.5, 0.6) is 0 Å². The molecule has 1 saturated heterocycles. The maximum atomic E-state index is 14.8. The van der Waals surface area contributed by atoms with Gasteiger partial charge in [-0.1, -0.05) is 6.42 Å². The minimum atomic E-state index is -2.30. The van der Waals surface area contributed by atoms with Gasteiger partial charge in [0.15, 0.2) is 5.82 Å². The second-order valence-corrected chi connectivity index (χ2v) is 9.01. The molecule has 0 unspecified atom stereocenters. The van der Waals surface area contributed by atoms with Crippen molar-refractivity contribution < 1.29 is 8.60 Å². The second-order valence-electron chi connectivity index (χ2n) is 6.47. The van der Waals surface area contributed by atoms with Gasteiger partial charge in [-0.2, -0.15) is 4.36 Å². The summed E-state index contributed by atoms with van der Waals surface area (Å²) in [6.07, 6.45) is 7.41. The van der Waals surface area contributed by atoms with Crippen LogP contribution in [0, 0.1) is 5.82 Å². The van der Waals surface area contributed by atoms with Crippen molar-refractivity contribution in [3.63, 3.8) is 0 Å². The third-order valence-electron chi connectivity index (χ3n) is 4.56. The molecule has 2 N–H and O–H groups in total. The van der Waals surface area contributed by atoms with Crippen molar-refractivity contribution in [2.75, 3.05) is 17.2 Å². The van der Waals surface area contributed by atoms with Crippen molar-refractivity contribution in [3.05, 3.63) is 30.6 Å². The molecule has 0 aromatic carbocycles. The summed E-state index contributed by atoms with van der Waals surface area (Å²) in [5.74, 6) is 0.854. The molecule has 0 radical (unpaired) electrons. The van der Waals surface area contributed by atoms with Crippen LogP contribution in [0.4, 0.5) is 15.9 Å². The van der Waals surface area contributed by atoms with Crippen molar-refractivity contribution in [2.45, 2.75) is 19.3 Å². The molecule has 26 heavy (non-hydrogen) atoms. The number of anilines is 1. The van der Waals surface area contributed by atoms with E-state index in [2.05, 4.69) is 19.3 Å². The van der Waals surface area contributed by atoms with E-state index in [1.165, 1.54) is 18.6 Å². The van der Waals surface area contributed by atoms with Crippen LogP contribution in [0.2, 0.25) is 0 Å². The number of fused-ring (bicyclic) bond motifs is 1. The molecule has 1 aliphatic heterocycles. The molecule has 7 nitrogen and oxygen atoms in total. The summed E-state index contributed by atoms with van der Waals surface area (Å²) in [6, 6.07) is 1.28. The maximum absolute atomic E-state index is 14.8. The Balaban J connectivity index is 1.81. The van der Waals surface area contributed by atoms with E-state index in [1.807, 2.05) is 0 Å². The Morgan fingerprint density at radius 2 is 2.00 bits per heavy atom. The van der Waals surface area contributed by atoms with E-state index < -0.39 is 15.5 Å². The molecule has 4 heterocycles. The Hall–Kier alpha value is -2.55. The van der Waals surface area contributed by atoms with Crippen LogP contribution in [0.15, 0.2) is 29.2 Å². The minimum absolute atomic E-state index is 0.148. The van der Waals surface area contributed by atoms with Crippen LogP contribution in [-0.2, 0) is 16.8 Å². The maximum Gasteiger partial charge on any atom is 0.151 e. The average molecular weight is 374 g/mol. The van der Waals surface area contributed by atoms with Crippen molar-refractivity contribution in [3.8, 4) is 11.3 Å². The van der Waals surface area contributed by atoms with Gasteiger partial charge < -0.3 is 10.3 Å². The molecule has 0 aliphatic carbocycles. The Morgan fingerprint density at radius 1 is 1.23 bits per heavy atom. The van der Waals surface area contributed by atoms with E-state index >= 15 is 0 Å². The van der Waals surface area contributed by atoms with Gasteiger partial charge in [0.2, 0.25) is 0 Å². The standard InChI is InChI=1S/C17H19FN6OS/c1-24-9-12(14-16(19)21-10-22-17(14)24)15-13(18)7-11(8-20-15)23-26(25)5-3-2-4-6-26/h7-10H,2-6H2,1H3,(H2,19,21,22). The molecule has 1 aliphatic rings. The van der Waals surface area contributed by atoms with Crippen LogP contribution < -0.4 is 5.73 Å².